The maximum absolute atomic E-state index is 11.6. The second-order valence-corrected chi connectivity index (χ2v) is 5.69. The van der Waals surface area contributed by atoms with Crippen LogP contribution in [0.25, 0.3) is 0 Å². The highest BCUT2D eigenvalue weighted by Gasteiger charge is 2.20. The normalized spacial score (nSPS) is 13.9. The van der Waals surface area contributed by atoms with Crippen molar-refractivity contribution in [2.24, 2.45) is 0 Å². The van der Waals surface area contributed by atoms with E-state index in [2.05, 4.69) is 20.2 Å². The van der Waals surface area contributed by atoms with Crippen LogP contribution < -0.4 is 10.0 Å². The monoisotopic (exact) mass is 236 g/mol. The van der Waals surface area contributed by atoms with E-state index in [0.717, 1.165) is 11.3 Å². The zero-order chi connectivity index (χ0) is 10.6. The van der Waals surface area contributed by atoms with E-state index in [9.17, 15) is 8.42 Å². The summed E-state index contributed by atoms with van der Waals surface area (Å²) in [5.41, 5.74) is 1.47. The summed E-state index contributed by atoms with van der Waals surface area (Å²) in [6.07, 6.45) is 0. The first-order valence-corrected chi connectivity index (χ1v) is 6.41. The SMILES string of the molecule is CNCC(C)S(=O)(=O)Nc1nncs1. The molecular weight excluding hydrogens is 224 g/mol. The zero-order valence-electron chi connectivity index (χ0n) is 7.89. The van der Waals surface area contributed by atoms with Crippen LogP contribution in [0, 0.1) is 0 Å². The largest absolute Gasteiger partial charge is 0.318 e. The molecule has 0 aromatic carbocycles. The molecule has 0 amide bonds. The van der Waals surface area contributed by atoms with Gasteiger partial charge in [0, 0.05) is 6.54 Å². The van der Waals surface area contributed by atoms with Crippen molar-refractivity contribution in [3.05, 3.63) is 5.51 Å². The smallest absolute Gasteiger partial charge is 0.238 e. The minimum absolute atomic E-state index is 0.299. The summed E-state index contributed by atoms with van der Waals surface area (Å²) in [6, 6.07) is 0. The summed E-state index contributed by atoms with van der Waals surface area (Å²) < 4.78 is 25.5. The third-order valence-electron chi connectivity index (χ3n) is 1.61. The van der Waals surface area contributed by atoms with Gasteiger partial charge in [0.2, 0.25) is 15.2 Å². The van der Waals surface area contributed by atoms with Gasteiger partial charge in [-0.1, -0.05) is 11.3 Å². The number of sulfonamides is 1. The molecule has 1 aromatic heterocycles. The summed E-state index contributed by atoms with van der Waals surface area (Å²) in [4.78, 5) is 0. The number of hydrogen-bond donors (Lipinski definition) is 2. The Morgan fingerprint density at radius 1 is 1.64 bits per heavy atom. The Bertz CT molecular complexity index is 361. The summed E-state index contributed by atoms with van der Waals surface area (Å²) in [5, 5.41) is 9.74. The Balaban J connectivity index is 2.67. The molecule has 1 heterocycles. The average Bonchev–Trinajstić information content (AvgIpc) is 2.56. The van der Waals surface area contributed by atoms with Gasteiger partial charge in [0.15, 0.2) is 0 Å². The zero-order valence-corrected chi connectivity index (χ0v) is 9.52. The minimum Gasteiger partial charge on any atom is -0.318 e. The highest BCUT2D eigenvalue weighted by atomic mass is 32.2. The van der Waals surface area contributed by atoms with Crippen molar-refractivity contribution in [1.82, 2.24) is 15.5 Å². The molecule has 8 heteroatoms. The molecule has 0 aliphatic heterocycles. The Labute approximate surface area is 86.8 Å². The van der Waals surface area contributed by atoms with Crippen LogP contribution in [0.5, 0.6) is 0 Å². The van der Waals surface area contributed by atoms with Crippen molar-refractivity contribution < 1.29 is 8.42 Å². The molecule has 0 bridgehead atoms. The van der Waals surface area contributed by atoms with Gasteiger partial charge in [-0.25, -0.2) is 8.42 Å². The van der Waals surface area contributed by atoms with Gasteiger partial charge in [-0.3, -0.25) is 4.72 Å². The molecule has 0 saturated heterocycles. The van der Waals surface area contributed by atoms with Crippen LogP contribution in [0.15, 0.2) is 5.51 Å². The van der Waals surface area contributed by atoms with Gasteiger partial charge in [0.1, 0.15) is 5.51 Å². The highest BCUT2D eigenvalue weighted by molar-refractivity contribution is 7.93. The molecule has 1 atom stereocenters. The fourth-order valence-electron chi connectivity index (χ4n) is 0.837. The third-order valence-corrected chi connectivity index (χ3v) is 4.05. The second kappa shape index (κ2) is 4.67. The van der Waals surface area contributed by atoms with Crippen molar-refractivity contribution in [3.63, 3.8) is 0 Å². The Morgan fingerprint density at radius 3 is 2.86 bits per heavy atom. The average molecular weight is 236 g/mol. The summed E-state index contributed by atoms with van der Waals surface area (Å²) >= 11 is 1.15. The Kier molecular flexibility index (Phi) is 3.78. The van der Waals surface area contributed by atoms with Crippen LogP contribution in [0.1, 0.15) is 6.92 Å². The van der Waals surface area contributed by atoms with E-state index in [1.54, 1.807) is 14.0 Å². The highest BCUT2D eigenvalue weighted by Crippen LogP contribution is 2.12. The van der Waals surface area contributed by atoms with Crippen molar-refractivity contribution in [3.8, 4) is 0 Å². The van der Waals surface area contributed by atoms with Gasteiger partial charge in [0.25, 0.3) is 0 Å². The Morgan fingerprint density at radius 2 is 2.36 bits per heavy atom. The molecule has 14 heavy (non-hydrogen) atoms. The van der Waals surface area contributed by atoms with E-state index in [4.69, 9.17) is 0 Å². The van der Waals surface area contributed by atoms with E-state index >= 15 is 0 Å². The van der Waals surface area contributed by atoms with Gasteiger partial charge < -0.3 is 5.32 Å². The van der Waals surface area contributed by atoms with Crippen LogP contribution in [0.3, 0.4) is 0 Å². The lowest BCUT2D eigenvalue weighted by Crippen LogP contribution is -2.33. The maximum Gasteiger partial charge on any atom is 0.238 e. The van der Waals surface area contributed by atoms with Gasteiger partial charge >= 0.3 is 0 Å². The molecule has 0 radical (unpaired) electrons. The lowest BCUT2D eigenvalue weighted by atomic mass is 10.5. The molecule has 1 aromatic rings. The molecule has 1 unspecified atom stereocenters. The molecule has 0 saturated carbocycles. The van der Waals surface area contributed by atoms with E-state index in [-0.39, 0.29) is 0 Å². The van der Waals surface area contributed by atoms with Crippen molar-refractivity contribution >= 4 is 26.5 Å². The Hall–Kier alpha value is -0.730. The molecule has 0 aliphatic rings. The molecule has 6 nitrogen and oxygen atoms in total. The number of nitrogens with one attached hydrogen (secondary N) is 2. The van der Waals surface area contributed by atoms with Gasteiger partial charge in [-0.15, -0.1) is 10.2 Å². The number of aromatic nitrogens is 2. The summed E-state index contributed by atoms with van der Waals surface area (Å²) in [6.45, 7) is 2.02. The van der Waals surface area contributed by atoms with Crippen molar-refractivity contribution in [2.75, 3.05) is 18.3 Å². The van der Waals surface area contributed by atoms with E-state index < -0.39 is 15.3 Å². The van der Waals surface area contributed by atoms with Crippen molar-refractivity contribution in [2.45, 2.75) is 12.2 Å². The molecular formula is C6H12N4O2S2. The second-order valence-electron chi connectivity index (χ2n) is 2.76. The first kappa shape index (κ1) is 11.3. The van der Waals surface area contributed by atoms with E-state index in [1.807, 2.05) is 0 Å². The predicted octanol–water partition coefficient (Wildman–Crippen LogP) is -0.112. The molecule has 80 valence electrons. The summed E-state index contributed by atoms with van der Waals surface area (Å²) in [7, 11) is -1.64. The summed E-state index contributed by atoms with van der Waals surface area (Å²) in [5.74, 6) is 0. The molecule has 0 aliphatic carbocycles. The lowest BCUT2D eigenvalue weighted by molar-refractivity contribution is 0.583. The topological polar surface area (TPSA) is 84.0 Å². The van der Waals surface area contributed by atoms with E-state index in [1.165, 1.54) is 5.51 Å². The van der Waals surface area contributed by atoms with Crippen LogP contribution in [-0.2, 0) is 10.0 Å². The first-order chi connectivity index (χ1) is 6.56. The van der Waals surface area contributed by atoms with Gasteiger partial charge in [-0.2, -0.15) is 0 Å². The van der Waals surface area contributed by atoms with Crippen molar-refractivity contribution in [1.29, 1.82) is 0 Å². The fourth-order valence-corrected chi connectivity index (χ4v) is 2.54. The van der Waals surface area contributed by atoms with Crippen LogP contribution in [0.2, 0.25) is 0 Å². The molecule has 0 spiro atoms. The maximum atomic E-state index is 11.6. The predicted molar refractivity (Wildman–Crippen MR) is 55.8 cm³/mol. The van der Waals surface area contributed by atoms with Crippen LogP contribution in [-0.4, -0.2) is 37.5 Å². The van der Waals surface area contributed by atoms with Gasteiger partial charge in [-0.05, 0) is 14.0 Å². The standard InChI is InChI=1S/C6H12N4O2S2/c1-5(3-7-2)14(11,12)10-6-9-8-4-13-6/h4-5,7H,3H2,1-2H3,(H,9,10). The number of nitrogens with zero attached hydrogens (tertiary/aromatic N) is 2. The molecule has 2 N–H and O–H groups in total. The quantitative estimate of drug-likeness (QED) is 0.745. The van der Waals surface area contributed by atoms with Gasteiger partial charge in [0.05, 0.1) is 5.25 Å². The third kappa shape index (κ3) is 2.89. The molecule has 1 rings (SSSR count). The van der Waals surface area contributed by atoms with Crippen LogP contribution in [0.4, 0.5) is 5.13 Å². The number of anilines is 1. The molecule has 0 fully saturated rings. The van der Waals surface area contributed by atoms with E-state index in [0.29, 0.717) is 11.7 Å². The lowest BCUT2D eigenvalue weighted by Gasteiger charge is -2.11. The van der Waals surface area contributed by atoms with Crippen LogP contribution >= 0.6 is 11.3 Å². The number of hydrogen-bond acceptors (Lipinski definition) is 6. The first-order valence-electron chi connectivity index (χ1n) is 3.98. The minimum atomic E-state index is -3.35. The fraction of sp³-hybridized carbons (Fsp3) is 0.667. The number of rotatable bonds is 5.